The van der Waals surface area contributed by atoms with Crippen LogP contribution in [0.2, 0.25) is 0 Å². The van der Waals surface area contributed by atoms with Crippen molar-refractivity contribution in [2.45, 2.75) is 12.8 Å². The van der Waals surface area contributed by atoms with E-state index in [2.05, 4.69) is 0 Å². The number of benzene rings is 2. The van der Waals surface area contributed by atoms with Crippen molar-refractivity contribution >= 4 is 11.6 Å². The van der Waals surface area contributed by atoms with Crippen LogP contribution < -0.4 is 4.74 Å². The standard InChI is InChI=1S/C17H18ClFO/c1-20-16-7-4-5-13(11-16)9-14(12-18)10-15-6-2-3-8-17(15)19/h2-8,11,14H,9-10,12H2,1H3. The lowest BCUT2D eigenvalue weighted by molar-refractivity contribution is 0.413. The second-order valence-electron chi connectivity index (χ2n) is 4.87. The number of rotatable bonds is 6. The predicted octanol–water partition coefficient (Wildman–Crippen LogP) is 4.47. The van der Waals surface area contributed by atoms with Crippen LogP contribution >= 0.6 is 11.6 Å². The predicted molar refractivity (Wildman–Crippen MR) is 81.0 cm³/mol. The van der Waals surface area contributed by atoms with E-state index >= 15 is 0 Å². The van der Waals surface area contributed by atoms with Crippen molar-refractivity contribution in [1.29, 1.82) is 0 Å². The van der Waals surface area contributed by atoms with E-state index in [9.17, 15) is 4.39 Å². The van der Waals surface area contributed by atoms with Crippen molar-refractivity contribution in [2.75, 3.05) is 13.0 Å². The minimum atomic E-state index is -0.159. The summed E-state index contributed by atoms with van der Waals surface area (Å²) in [5.74, 6) is 1.39. The topological polar surface area (TPSA) is 9.23 Å². The molecular formula is C17H18ClFO. The van der Waals surface area contributed by atoms with Crippen LogP contribution in [0.5, 0.6) is 5.75 Å². The molecule has 1 nitrogen and oxygen atoms in total. The van der Waals surface area contributed by atoms with Gasteiger partial charge < -0.3 is 4.74 Å². The van der Waals surface area contributed by atoms with Gasteiger partial charge in [-0.25, -0.2) is 4.39 Å². The fraction of sp³-hybridized carbons (Fsp3) is 0.294. The second kappa shape index (κ2) is 7.30. The van der Waals surface area contributed by atoms with Gasteiger partial charge in [0, 0.05) is 5.88 Å². The van der Waals surface area contributed by atoms with Gasteiger partial charge in [-0.3, -0.25) is 0 Å². The molecule has 20 heavy (non-hydrogen) atoms. The van der Waals surface area contributed by atoms with Crippen LogP contribution in [-0.4, -0.2) is 13.0 Å². The Morgan fingerprint density at radius 1 is 1.10 bits per heavy atom. The normalized spacial score (nSPS) is 12.2. The molecule has 0 saturated heterocycles. The first-order chi connectivity index (χ1) is 9.72. The number of hydrogen-bond donors (Lipinski definition) is 0. The molecule has 0 heterocycles. The Balaban J connectivity index is 2.07. The molecule has 0 N–H and O–H groups in total. The molecule has 2 aromatic rings. The molecular weight excluding hydrogens is 275 g/mol. The minimum absolute atomic E-state index is 0.159. The lowest BCUT2D eigenvalue weighted by atomic mass is 9.94. The Kier molecular flexibility index (Phi) is 5.42. The molecule has 1 atom stereocenters. The largest absolute Gasteiger partial charge is 0.497 e. The smallest absolute Gasteiger partial charge is 0.126 e. The lowest BCUT2D eigenvalue weighted by Crippen LogP contribution is -2.11. The number of ether oxygens (including phenoxy) is 1. The molecule has 2 aromatic carbocycles. The third-order valence-corrected chi connectivity index (χ3v) is 3.78. The fourth-order valence-corrected chi connectivity index (χ4v) is 2.51. The van der Waals surface area contributed by atoms with E-state index in [0.717, 1.165) is 23.3 Å². The molecule has 0 aliphatic heterocycles. The number of halogens is 2. The van der Waals surface area contributed by atoms with Gasteiger partial charge in [0.1, 0.15) is 11.6 Å². The van der Waals surface area contributed by atoms with Crippen LogP contribution in [0.25, 0.3) is 0 Å². The quantitative estimate of drug-likeness (QED) is 0.714. The molecule has 0 fully saturated rings. The van der Waals surface area contributed by atoms with Crippen molar-refractivity contribution in [3.63, 3.8) is 0 Å². The number of methoxy groups -OCH3 is 1. The van der Waals surface area contributed by atoms with Gasteiger partial charge in [-0.15, -0.1) is 11.6 Å². The summed E-state index contributed by atoms with van der Waals surface area (Å²) in [4.78, 5) is 0. The molecule has 0 amide bonds. The summed E-state index contributed by atoms with van der Waals surface area (Å²) in [5.41, 5.74) is 1.88. The van der Waals surface area contributed by atoms with E-state index in [1.807, 2.05) is 36.4 Å². The Morgan fingerprint density at radius 3 is 2.60 bits per heavy atom. The molecule has 0 spiro atoms. The monoisotopic (exact) mass is 292 g/mol. The minimum Gasteiger partial charge on any atom is -0.497 e. The molecule has 0 aliphatic carbocycles. The Bertz CT molecular complexity index is 556. The zero-order chi connectivity index (χ0) is 14.4. The first-order valence-corrected chi connectivity index (χ1v) is 7.18. The summed E-state index contributed by atoms with van der Waals surface area (Å²) in [5, 5.41) is 0. The lowest BCUT2D eigenvalue weighted by Gasteiger charge is -2.15. The molecule has 1 unspecified atom stereocenters. The van der Waals surface area contributed by atoms with Crippen molar-refractivity contribution in [3.05, 3.63) is 65.5 Å². The van der Waals surface area contributed by atoms with Gasteiger partial charge in [0.25, 0.3) is 0 Å². The van der Waals surface area contributed by atoms with Crippen molar-refractivity contribution in [3.8, 4) is 5.75 Å². The maximum Gasteiger partial charge on any atom is 0.126 e. The van der Waals surface area contributed by atoms with Gasteiger partial charge >= 0.3 is 0 Å². The van der Waals surface area contributed by atoms with E-state index in [1.165, 1.54) is 6.07 Å². The highest BCUT2D eigenvalue weighted by molar-refractivity contribution is 6.18. The SMILES string of the molecule is COc1cccc(CC(CCl)Cc2ccccc2F)c1. The summed E-state index contributed by atoms with van der Waals surface area (Å²) >= 11 is 6.04. The Hall–Kier alpha value is -1.54. The van der Waals surface area contributed by atoms with Crippen LogP contribution in [0, 0.1) is 11.7 Å². The summed E-state index contributed by atoms with van der Waals surface area (Å²) < 4.78 is 18.9. The van der Waals surface area contributed by atoms with E-state index in [0.29, 0.717) is 12.3 Å². The third kappa shape index (κ3) is 3.97. The van der Waals surface area contributed by atoms with E-state index in [4.69, 9.17) is 16.3 Å². The third-order valence-electron chi connectivity index (χ3n) is 3.34. The molecule has 0 aliphatic rings. The summed E-state index contributed by atoms with van der Waals surface area (Å²) in [7, 11) is 1.65. The number of alkyl halides is 1. The average molecular weight is 293 g/mol. The van der Waals surface area contributed by atoms with Crippen molar-refractivity contribution in [1.82, 2.24) is 0 Å². The van der Waals surface area contributed by atoms with Gasteiger partial charge in [0.2, 0.25) is 0 Å². The fourth-order valence-electron chi connectivity index (χ4n) is 2.29. The number of hydrogen-bond acceptors (Lipinski definition) is 1. The molecule has 0 saturated carbocycles. The van der Waals surface area contributed by atoms with E-state index in [-0.39, 0.29) is 11.7 Å². The van der Waals surface area contributed by atoms with Gasteiger partial charge in [0.05, 0.1) is 7.11 Å². The van der Waals surface area contributed by atoms with Gasteiger partial charge in [-0.1, -0.05) is 30.3 Å². The molecule has 0 aromatic heterocycles. The maximum atomic E-state index is 13.7. The van der Waals surface area contributed by atoms with Crippen LogP contribution in [0.3, 0.4) is 0 Å². The molecule has 2 rings (SSSR count). The highest BCUT2D eigenvalue weighted by Crippen LogP contribution is 2.20. The van der Waals surface area contributed by atoms with Gasteiger partial charge in [0.15, 0.2) is 0 Å². The highest BCUT2D eigenvalue weighted by Gasteiger charge is 2.12. The molecule has 0 bridgehead atoms. The highest BCUT2D eigenvalue weighted by atomic mass is 35.5. The first-order valence-electron chi connectivity index (χ1n) is 6.65. The molecule has 0 radical (unpaired) electrons. The second-order valence-corrected chi connectivity index (χ2v) is 5.18. The Labute approximate surface area is 124 Å². The summed E-state index contributed by atoms with van der Waals surface area (Å²) in [6.07, 6.45) is 1.46. The summed E-state index contributed by atoms with van der Waals surface area (Å²) in [6.45, 7) is 0. The van der Waals surface area contributed by atoms with Crippen LogP contribution in [-0.2, 0) is 12.8 Å². The van der Waals surface area contributed by atoms with E-state index in [1.54, 1.807) is 13.2 Å². The van der Waals surface area contributed by atoms with E-state index < -0.39 is 0 Å². The maximum absolute atomic E-state index is 13.7. The van der Waals surface area contributed by atoms with Crippen LogP contribution in [0.15, 0.2) is 48.5 Å². The average Bonchev–Trinajstić information content (AvgIpc) is 2.49. The molecule has 106 valence electrons. The van der Waals surface area contributed by atoms with Crippen LogP contribution in [0.4, 0.5) is 4.39 Å². The van der Waals surface area contributed by atoms with Crippen molar-refractivity contribution < 1.29 is 9.13 Å². The van der Waals surface area contributed by atoms with Gasteiger partial charge in [-0.05, 0) is 48.1 Å². The summed E-state index contributed by atoms with van der Waals surface area (Å²) in [6, 6.07) is 14.8. The first kappa shape index (κ1) is 14.9. The van der Waals surface area contributed by atoms with Crippen LogP contribution in [0.1, 0.15) is 11.1 Å². The van der Waals surface area contributed by atoms with Crippen molar-refractivity contribution in [2.24, 2.45) is 5.92 Å². The zero-order valence-corrected chi connectivity index (χ0v) is 12.2. The van der Waals surface area contributed by atoms with Gasteiger partial charge in [-0.2, -0.15) is 0 Å². The zero-order valence-electron chi connectivity index (χ0n) is 11.5. The Morgan fingerprint density at radius 2 is 1.90 bits per heavy atom. The molecule has 3 heteroatoms.